The topological polar surface area (TPSA) is 125 Å². The quantitative estimate of drug-likeness (QED) is 0.497. The Balaban J connectivity index is 1.60. The number of aryl methyl sites for hydroxylation is 2. The van der Waals surface area contributed by atoms with E-state index in [2.05, 4.69) is 20.4 Å². The maximum Gasteiger partial charge on any atom is 0.272 e. The Labute approximate surface area is 204 Å². The number of carbonyl (C=O) groups excluding carboxylic acids is 1. The van der Waals surface area contributed by atoms with Gasteiger partial charge in [-0.3, -0.25) is 4.79 Å². The minimum absolute atomic E-state index is 0.00415. The number of carbonyl (C=O) groups is 1. The number of pyridine rings is 1. The molecule has 0 radical (unpaired) electrons. The SMILES string of the molecule is Cc1cc2nc(C(=O)NC3(C)CCS(=O)(=O)CC3)c(C)n2nc1Oc1ncc(F)cc1OCC(F)F. The number of fused-ring (bicyclic) bond motifs is 1. The third-order valence-corrected chi connectivity index (χ3v) is 7.53. The summed E-state index contributed by atoms with van der Waals surface area (Å²) in [7, 11) is -3.10. The molecule has 3 aromatic heterocycles. The van der Waals surface area contributed by atoms with Gasteiger partial charge >= 0.3 is 0 Å². The molecule has 1 saturated heterocycles. The highest BCUT2D eigenvalue weighted by Crippen LogP contribution is 2.31. The average molecular weight is 528 g/mol. The number of halogens is 3. The normalized spacial score (nSPS) is 16.8. The number of amides is 1. The maximum atomic E-state index is 13.6. The number of nitrogens with one attached hydrogen (secondary N) is 1. The molecule has 0 aliphatic carbocycles. The standard InChI is InChI=1S/C22H24F3N5O5S/c1-12-8-17-27-18(19(31)28-22(3)4-6-36(32,33)7-5-22)13(2)30(17)29-20(12)35-21-15(34-11-16(24)25)9-14(23)10-26-21/h8-10,16H,4-7,11H2,1-3H3,(H,28,31). The third-order valence-electron chi connectivity index (χ3n) is 5.88. The summed E-state index contributed by atoms with van der Waals surface area (Å²) in [6.07, 6.45) is -1.34. The molecule has 1 fully saturated rings. The Kier molecular flexibility index (Phi) is 6.82. The molecule has 0 bridgehead atoms. The number of rotatable bonds is 7. The monoisotopic (exact) mass is 527 g/mol. The maximum absolute atomic E-state index is 13.6. The van der Waals surface area contributed by atoms with Crippen LogP contribution in [0, 0.1) is 19.7 Å². The van der Waals surface area contributed by atoms with Crippen molar-refractivity contribution in [1.82, 2.24) is 24.9 Å². The Morgan fingerprint density at radius 2 is 1.92 bits per heavy atom. The van der Waals surface area contributed by atoms with Gasteiger partial charge in [0.2, 0.25) is 5.88 Å². The highest BCUT2D eigenvalue weighted by Gasteiger charge is 2.35. The van der Waals surface area contributed by atoms with Crippen LogP contribution in [0.1, 0.15) is 41.5 Å². The first-order valence-corrected chi connectivity index (χ1v) is 12.8. The van der Waals surface area contributed by atoms with E-state index in [0.29, 0.717) is 29.7 Å². The van der Waals surface area contributed by atoms with Crippen LogP contribution in [0.2, 0.25) is 0 Å². The summed E-state index contributed by atoms with van der Waals surface area (Å²) in [5.74, 6) is -1.84. The zero-order chi connectivity index (χ0) is 26.3. The Bertz CT molecular complexity index is 1410. The van der Waals surface area contributed by atoms with E-state index in [0.717, 1.165) is 12.3 Å². The zero-order valence-electron chi connectivity index (χ0n) is 19.7. The summed E-state index contributed by atoms with van der Waals surface area (Å²) in [5.41, 5.74) is 0.635. The lowest BCUT2D eigenvalue weighted by Gasteiger charge is -2.34. The molecule has 1 N–H and O–H groups in total. The molecule has 1 aliphatic heterocycles. The van der Waals surface area contributed by atoms with Crippen molar-refractivity contribution in [3.05, 3.63) is 41.1 Å². The van der Waals surface area contributed by atoms with Gasteiger partial charge in [0.05, 0.1) is 23.4 Å². The fourth-order valence-corrected chi connectivity index (χ4v) is 5.48. The Morgan fingerprint density at radius 3 is 2.58 bits per heavy atom. The average Bonchev–Trinajstić information content (AvgIpc) is 3.12. The number of nitrogens with zero attached hydrogens (tertiary/aromatic N) is 4. The molecule has 194 valence electrons. The molecule has 10 nitrogen and oxygen atoms in total. The second-order valence-electron chi connectivity index (χ2n) is 8.88. The summed E-state index contributed by atoms with van der Waals surface area (Å²) in [4.78, 5) is 21.2. The van der Waals surface area contributed by atoms with Gasteiger partial charge in [-0.1, -0.05) is 0 Å². The number of hydrogen-bond acceptors (Lipinski definition) is 8. The molecule has 0 aromatic carbocycles. The minimum Gasteiger partial charge on any atom is -0.482 e. The van der Waals surface area contributed by atoms with Gasteiger partial charge in [-0.05, 0) is 39.7 Å². The fourth-order valence-electron chi connectivity index (χ4n) is 3.76. The minimum atomic E-state index is -3.10. The van der Waals surface area contributed by atoms with Crippen molar-refractivity contribution in [1.29, 1.82) is 0 Å². The lowest BCUT2D eigenvalue weighted by Crippen LogP contribution is -2.51. The molecule has 0 atom stereocenters. The van der Waals surface area contributed by atoms with E-state index in [1.54, 1.807) is 26.8 Å². The lowest BCUT2D eigenvalue weighted by molar-refractivity contribution is 0.0801. The first-order chi connectivity index (χ1) is 16.9. The lowest BCUT2D eigenvalue weighted by atomic mass is 9.94. The van der Waals surface area contributed by atoms with Crippen molar-refractivity contribution in [3.8, 4) is 17.5 Å². The Hall–Kier alpha value is -3.42. The number of aromatic nitrogens is 4. The van der Waals surface area contributed by atoms with Gasteiger partial charge in [0.1, 0.15) is 22.3 Å². The molecule has 4 rings (SSSR count). The molecule has 4 heterocycles. The number of ether oxygens (including phenoxy) is 2. The summed E-state index contributed by atoms with van der Waals surface area (Å²) in [6, 6.07) is 2.48. The summed E-state index contributed by atoms with van der Waals surface area (Å²) < 4.78 is 74.2. The van der Waals surface area contributed by atoms with Gasteiger partial charge in [-0.15, -0.1) is 5.10 Å². The van der Waals surface area contributed by atoms with E-state index in [4.69, 9.17) is 9.47 Å². The second kappa shape index (κ2) is 9.56. The largest absolute Gasteiger partial charge is 0.482 e. The molecule has 1 aliphatic rings. The first kappa shape index (κ1) is 25.7. The second-order valence-corrected chi connectivity index (χ2v) is 11.2. The fraction of sp³-hybridized carbons (Fsp3) is 0.455. The van der Waals surface area contributed by atoms with Crippen molar-refractivity contribution in [2.75, 3.05) is 18.1 Å². The van der Waals surface area contributed by atoms with Crippen molar-refractivity contribution in [3.63, 3.8) is 0 Å². The van der Waals surface area contributed by atoms with Crippen LogP contribution < -0.4 is 14.8 Å². The van der Waals surface area contributed by atoms with Crippen LogP contribution >= 0.6 is 0 Å². The van der Waals surface area contributed by atoms with Crippen molar-refractivity contribution < 1.29 is 35.9 Å². The highest BCUT2D eigenvalue weighted by molar-refractivity contribution is 7.91. The van der Waals surface area contributed by atoms with Crippen molar-refractivity contribution in [2.24, 2.45) is 0 Å². The number of hydrogen-bond donors (Lipinski definition) is 1. The summed E-state index contributed by atoms with van der Waals surface area (Å²) in [5, 5.41) is 7.24. The molecule has 0 saturated carbocycles. The van der Waals surface area contributed by atoms with E-state index in [1.807, 2.05) is 0 Å². The van der Waals surface area contributed by atoms with Crippen LogP contribution in [-0.2, 0) is 9.84 Å². The highest BCUT2D eigenvalue weighted by atomic mass is 32.2. The van der Waals surface area contributed by atoms with Gasteiger partial charge in [0.25, 0.3) is 18.2 Å². The van der Waals surface area contributed by atoms with E-state index in [-0.39, 0.29) is 34.7 Å². The smallest absolute Gasteiger partial charge is 0.272 e. The molecule has 0 unspecified atom stereocenters. The van der Waals surface area contributed by atoms with Crippen LogP contribution in [0.5, 0.6) is 17.5 Å². The molecular formula is C22H24F3N5O5S. The van der Waals surface area contributed by atoms with Crippen molar-refractivity contribution in [2.45, 2.75) is 45.6 Å². The number of sulfone groups is 1. The van der Waals surface area contributed by atoms with Crippen LogP contribution in [0.3, 0.4) is 0 Å². The summed E-state index contributed by atoms with van der Waals surface area (Å²) >= 11 is 0. The molecule has 14 heteroatoms. The zero-order valence-corrected chi connectivity index (χ0v) is 20.5. The van der Waals surface area contributed by atoms with Crippen LogP contribution in [0.15, 0.2) is 18.3 Å². The molecule has 1 amide bonds. The van der Waals surface area contributed by atoms with Gasteiger partial charge in [-0.25, -0.2) is 36.1 Å². The molecule has 0 spiro atoms. The molecule has 3 aromatic rings. The molecular weight excluding hydrogens is 503 g/mol. The van der Waals surface area contributed by atoms with Gasteiger partial charge in [0, 0.05) is 17.2 Å². The van der Waals surface area contributed by atoms with E-state index in [1.165, 1.54) is 4.52 Å². The molecule has 36 heavy (non-hydrogen) atoms. The predicted octanol–water partition coefficient (Wildman–Crippen LogP) is 3.01. The van der Waals surface area contributed by atoms with Crippen LogP contribution in [0.25, 0.3) is 5.65 Å². The summed E-state index contributed by atoms with van der Waals surface area (Å²) in [6.45, 7) is 4.10. The Morgan fingerprint density at radius 1 is 1.22 bits per heavy atom. The predicted molar refractivity (Wildman–Crippen MR) is 122 cm³/mol. The third kappa shape index (κ3) is 5.53. The van der Waals surface area contributed by atoms with Gasteiger partial charge in [-0.2, -0.15) is 0 Å². The van der Waals surface area contributed by atoms with Gasteiger partial charge < -0.3 is 14.8 Å². The van der Waals surface area contributed by atoms with Crippen molar-refractivity contribution >= 4 is 21.4 Å². The van der Waals surface area contributed by atoms with E-state index in [9.17, 15) is 26.4 Å². The van der Waals surface area contributed by atoms with E-state index >= 15 is 0 Å². The van der Waals surface area contributed by atoms with Crippen LogP contribution in [0.4, 0.5) is 13.2 Å². The van der Waals surface area contributed by atoms with Crippen LogP contribution in [-0.4, -0.2) is 64.0 Å². The van der Waals surface area contributed by atoms with E-state index < -0.39 is 40.1 Å². The number of alkyl halides is 2. The van der Waals surface area contributed by atoms with Gasteiger partial charge in [0.15, 0.2) is 17.1 Å². The number of imidazole rings is 1. The first-order valence-electron chi connectivity index (χ1n) is 11.0.